The Kier molecular flexibility index (Phi) is 7.66. The molecule has 0 atom stereocenters. The second kappa shape index (κ2) is 11.1. The minimum atomic E-state index is -3.70. The first-order valence-electron chi connectivity index (χ1n) is 11.6. The van der Waals surface area contributed by atoms with Crippen LogP contribution in [0.2, 0.25) is 5.02 Å². The third-order valence-electron chi connectivity index (χ3n) is 5.86. The van der Waals surface area contributed by atoms with E-state index >= 15 is 0 Å². The van der Waals surface area contributed by atoms with Crippen LogP contribution in [0.25, 0.3) is 16.9 Å². The van der Waals surface area contributed by atoms with Gasteiger partial charge in [-0.15, -0.1) is 0 Å². The smallest absolute Gasteiger partial charge is 0.241 e. The van der Waals surface area contributed by atoms with Crippen molar-refractivity contribution in [3.05, 3.63) is 106 Å². The number of rotatable bonds is 9. The largest absolute Gasteiger partial charge is 0.497 e. The summed E-state index contributed by atoms with van der Waals surface area (Å²) in [6, 6.07) is 23.5. The second-order valence-electron chi connectivity index (χ2n) is 8.41. The average Bonchev–Trinajstić information content (AvgIpc) is 3.31. The van der Waals surface area contributed by atoms with E-state index in [1.807, 2.05) is 54.6 Å². The lowest BCUT2D eigenvalue weighted by atomic mass is 10.1. The standard InChI is InChI=1S/C27H23BrClN5O3S/c1-37-20-8-5-9-21(13-20)38(35,36)32-16-19-7-4-6-18(12-19)15-30-26-14-25(22-10-2-3-11-24(22)29)33-27-23(28)17-31-34(26)27/h2-14,17,30,32H,15-16H2,1H3. The molecule has 0 amide bonds. The lowest BCUT2D eigenvalue weighted by Gasteiger charge is -2.13. The summed E-state index contributed by atoms with van der Waals surface area (Å²) in [6.45, 7) is 0.630. The first kappa shape index (κ1) is 26.2. The number of ether oxygens (including phenoxy) is 1. The summed E-state index contributed by atoms with van der Waals surface area (Å²) in [4.78, 5) is 4.88. The molecule has 0 aliphatic heterocycles. The molecule has 2 N–H and O–H groups in total. The van der Waals surface area contributed by atoms with Crippen LogP contribution in [0, 0.1) is 0 Å². The van der Waals surface area contributed by atoms with Gasteiger partial charge in [0.1, 0.15) is 11.6 Å². The molecule has 0 saturated heterocycles. The van der Waals surface area contributed by atoms with Gasteiger partial charge in [-0.05, 0) is 45.3 Å². The summed E-state index contributed by atoms with van der Waals surface area (Å²) in [5.41, 5.74) is 3.99. The molecule has 0 fully saturated rings. The van der Waals surface area contributed by atoms with E-state index < -0.39 is 10.0 Å². The zero-order chi connectivity index (χ0) is 26.7. The van der Waals surface area contributed by atoms with Crippen molar-refractivity contribution >= 4 is 49.0 Å². The van der Waals surface area contributed by atoms with Crippen molar-refractivity contribution in [2.24, 2.45) is 0 Å². The number of hydrogen-bond acceptors (Lipinski definition) is 6. The Balaban J connectivity index is 1.34. The molecule has 0 saturated carbocycles. The van der Waals surface area contributed by atoms with E-state index in [1.165, 1.54) is 19.2 Å². The Morgan fingerprint density at radius 3 is 2.53 bits per heavy atom. The number of aromatic nitrogens is 3. The molecule has 2 heterocycles. The summed E-state index contributed by atoms with van der Waals surface area (Å²) in [5.74, 6) is 1.22. The van der Waals surface area contributed by atoms with Gasteiger partial charge < -0.3 is 10.1 Å². The summed E-state index contributed by atoms with van der Waals surface area (Å²) < 4.78 is 35.8. The number of halogens is 2. The van der Waals surface area contributed by atoms with Crippen molar-refractivity contribution in [2.75, 3.05) is 12.4 Å². The highest BCUT2D eigenvalue weighted by Gasteiger charge is 2.15. The Labute approximate surface area is 233 Å². The van der Waals surface area contributed by atoms with Crippen molar-refractivity contribution < 1.29 is 13.2 Å². The van der Waals surface area contributed by atoms with Crippen LogP contribution in [0.4, 0.5) is 5.82 Å². The predicted molar refractivity (Wildman–Crippen MR) is 152 cm³/mol. The van der Waals surface area contributed by atoms with Crippen molar-refractivity contribution in [1.29, 1.82) is 0 Å². The minimum absolute atomic E-state index is 0.148. The van der Waals surface area contributed by atoms with Gasteiger partial charge in [-0.1, -0.05) is 60.1 Å². The van der Waals surface area contributed by atoms with E-state index in [4.69, 9.17) is 21.3 Å². The maximum absolute atomic E-state index is 12.8. The fourth-order valence-electron chi connectivity index (χ4n) is 3.94. The normalized spacial score (nSPS) is 11.6. The van der Waals surface area contributed by atoms with E-state index in [-0.39, 0.29) is 11.4 Å². The van der Waals surface area contributed by atoms with Gasteiger partial charge in [0, 0.05) is 35.8 Å². The minimum Gasteiger partial charge on any atom is -0.497 e. The molecule has 0 unspecified atom stereocenters. The highest BCUT2D eigenvalue weighted by Crippen LogP contribution is 2.30. The molecule has 3 aromatic carbocycles. The van der Waals surface area contributed by atoms with E-state index in [2.05, 4.69) is 31.1 Å². The highest BCUT2D eigenvalue weighted by molar-refractivity contribution is 9.10. The molecule has 5 aromatic rings. The molecule has 194 valence electrons. The van der Waals surface area contributed by atoms with E-state index in [1.54, 1.807) is 22.8 Å². The number of fused-ring (bicyclic) bond motifs is 1. The Morgan fingerprint density at radius 2 is 1.74 bits per heavy atom. The number of sulfonamides is 1. The third kappa shape index (κ3) is 5.68. The number of anilines is 1. The maximum atomic E-state index is 12.8. The molecule has 0 radical (unpaired) electrons. The van der Waals surface area contributed by atoms with Gasteiger partial charge in [-0.25, -0.2) is 18.1 Å². The van der Waals surface area contributed by atoms with Gasteiger partial charge in [0.15, 0.2) is 5.65 Å². The fourth-order valence-corrected chi connectivity index (χ4v) is 5.57. The van der Waals surface area contributed by atoms with Crippen LogP contribution in [-0.2, 0) is 23.1 Å². The predicted octanol–water partition coefficient (Wildman–Crippen LogP) is 5.91. The topological polar surface area (TPSA) is 97.6 Å². The van der Waals surface area contributed by atoms with Crippen molar-refractivity contribution in [2.45, 2.75) is 18.0 Å². The lowest BCUT2D eigenvalue weighted by Crippen LogP contribution is -2.23. The highest BCUT2D eigenvalue weighted by atomic mass is 79.9. The van der Waals surface area contributed by atoms with Gasteiger partial charge >= 0.3 is 0 Å². The molecule has 38 heavy (non-hydrogen) atoms. The van der Waals surface area contributed by atoms with Crippen LogP contribution in [-0.4, -0.2) is 30.1 Å². The zero-order valence-corrected chi connectivity index (χ0v) is 23.4. The number of nitrogens with one attached hydrogen (secondary N) is 2. The average molecular weight is 613 g/mol. The maximum Gasteiger partial charge on any atom is 0.241 e. The molecule has 5 rings (SSSR count). The monoisotopic (exact) mass is 611 g/mol. The van der Waals surface area contributed by atoms with Crippen LogP contribution in [0.3, 0.4) is 0 Å². The van der Waals surface area contributed by atoms with Crippen LogP contribution in [0.5, 0.6) is 5.75 Å². The van der Waals surface area contributed by atoms with E-state index in [0.29, 0.717) is 28.7 Å². The summed E-state index contributed by atoms with van der Waals surface area (Å²) in [5, 5.41) is 8.46. The van der Waals surface area contributed by atoms with E-state index in [9.17, 15) is 8.42 Å². The van der Waals surface area contributed by atoms with Crippen molar-refractivity contribution in [3.8, 4) is 17.0 Å². The molecule has 0 bridgehead atoms. The van der Waals surface area contributed by atoms with Crippen LogP contribution in [0.1, 0.15) is 11.1 Å². The second-order valence-corrected chi connectivity index (χ2v) is 11.4. The lowest BCUT2D eigenvalue weighted by molar-refractivity contribution is 0.413. The van der Waals surface area contributed by atoms with Gasteiger partial charge in [0.25, 0.3) is 0 Å². The zero-order valence-electron chi connectivity index (χ0n) is 20.2. The fraction of sp³-hybridized carbons (Fsp3) is 0.111. The van der Waals surface area contributed by atoms with Crippen molar-refractivity contribution in [3.63, 3.8) is 0 Å². The molecule has 0 aliphatic rings. The molecule has 8 nitrogen and oxygen atoms in total. The Morgan fingerprint density at radius 1 is 0.974 bits per heavy atom. The summed E-state index contributed by atoms with van der Waals surface area (Å²) >= 11 is 9.95. The number of benzene rings is 3. The van der Waals surface area contributed by atoms with E-state index in [0.717, 1.165) is 27.0 Å². The first-order chi connectivity index (χ1) is 18.3. The van der Waals surface area contributed by atoms with Gasteiger partial charge in [0.05, 0.1) is 28.4 Å². The van der Waals surface area contributed by atoms with Crippen LogP contribution < -0.4 is 14.8 Å². The molecule has 0 spiro atoms. The Hall–Kier alpha value is -3.44. The van der Waals surface area contributed by atoms with Gasteiger partial charge in [0.2, 0.25) is 10.0 Å². The number of methoxy groups -OCH3 is 1. The first-order valence-corrected chi connectivity index (χ1v) is 14.2. The molecule has 0 aliphatic carbocycles. The summed E-state index contributed by atoms with van der Waals surface area (Å²) in [6.07, 6.45) is 1.69. The van der Waals surface area contributed by atoms with Crippen LogP contribution >= 0.6 is 27.5 Å². The van der Waals surface area contributed by atoms with Crippen LogP contribution in [0.15, 0.2) is 94.4 Å². The molecular weight excluding hydrogens is 590 g/mol. The SMILES string of the molecule is COc1cccc(S(=O)(=O)NCc2cccc(CNc3cc(-c4ccccc4Cl)nc4c(Br)cnn34)c2)c1. The number of hydrogen-bond donors (Lipinski definition) is 2. The van der Waals surface area contributed by atoms with Gasteiger partial charge in [-0.3, -0.25) is 0 Å². The van der Waals surface area contributed by atoms with Gasteiger partial charge in [-0.2, -0.15) is 9.61 Å². The summed E-state index contributed by atoms with van der Waals surface area (Å²) in [7, 11) is -2.20. The molecule has 11 heteroatoms. The quantitative estimate of drug-likeness (QED) is 0.215. The Bertz CT molecular complexity index is 1730. The van der Waals surface area contributed by atoms with Crippen molar-refractivity contribution in [1.82, 2.24) is 19.3 Å². The third-order valence-corrected chi connectivity index (χ3v) is 8.15. The number of nitrogens with zero attached hydrogens (tertiary/aromatic N) is 3. The molecule has 2 aromatic heterocycles. The molecular formula is C27H23BrClN5O3S.